The minimum absolute atomic E-state index is 0.0522. The molecule has 1 aromatic carbocycles. The van der Waals surface area contributed by atoms with Crippen molar-refractivity contribution in [3.63, 3.8) is 0 Å². The monoisotopic (exact) mass is 451 g/mol. The largest absolute Gasteiger partial charge is 0.353 e. The van der Waals surface area contributed by atoms with Crippen molar-refractivity contribution in [3.8, 4) is 0 Å². The van der Waals surface area contributed by atoms with Crippen LogP contribution in [0.1, 0.15) is 52.7 Å². The molecule has 3 fully saturated rings. The number of nitrogens with zero attached hydrogens (tertiary/aromatic N) is 3. The van der Waals surface area contributed by atoms with Crippen LogP contribution in [0.5, 0.6) is 0 Å². The number of piperazine rings is 1. The number of anilines is 1. The first-order chi connectivity index (χ1) is 15.8. The number of carbonyl (C=O) groups excluding carboxylic acids is 3. The van der Waals surface area contributed by atoms with Gasteiger partial charge in [-0.1, -0.05) is 12.1 Å². The van der Waals surface area contributed by atoms with Crippen molar-refractivity contribution in [3.05, 3.63) is 58.5 Å². The molecule has 0 radical (unpaired) electrons. The van der Waals surface area contributed by atoms with E-state index in [4.69, 9.17) is 0 Å². The Morgan fingerprint density at radius 2 is 1.88 bits per heavy atom. The topological polar surface area (TPSA) is 94.6 Å². The van der Waals surface area contributed by atoms with Crippen LogP contribution in [-0.4, -0.2) is 53.9 Å². The normalized spacial score (nSPS) is 22.9. The molecule has 2 aliphatic heterocycles. The molecule has 2 aromatic rings. The molecule has 5 rings (SSSR count). The van der Waals surface area contributed by atoms with Gasteiger partial charge in [0.2, 0.25) is 0 Å². The second-order valence-electron chi connectivity index (χ2n) is 9.19. The van der Waals surface area contributed by atoms with Crippen molar-refractivity contribution in [2.24, 2.45) is 0 Å². The molecule has 4 amide bonds. The van der Waals surface area contributed by atoms with Gasteiger partial charge < -0.3 is 15.1 Å². The lowest BCUT2D eigenvalue weighted by molar-refractivity contribution is -0.123. The number of hydrogen-bond acceptors (Lipinski definition) is 5. The van der Waals surface area contributed by atoms with E-state index in [1.54, 1.807) is 4.90 Å². The lowest BCUT2D eigenvalue weighted by atomic mass is 9.91. The predicted octanol–water partition coefficient (Wildman–Crippen LogP) is 2.42. The number of imide groups is 1. The van der Waals surface area contributed by atoms with Gasteiger partial charge in [0.25, 0.3) is 11.8 Å². The molecule has 2 N–H and O–H groups in total. The third-order valence-electron chi connectivity index (χ3n) is 6.81. The summed E-state index contributed by atoms with van der Waals surface area (Å²) in [5.74, 6) is -0.0768. The molecule has 0 unspecified atom stereocenters. The zero-order valence-corrected chi connectivity index (χ0v) is 18.7. The summed E-state index contributed by atoms with van der Waals surface area (Å²) in [7, 11) is 0. The maximum absolute atomic E-state index is 14.9. The summed E-state index contributed by atoms with van der Waals surface area (Å²) in [6.45, 7) is 5.72. The van der Waals surface area contributed by atoms with Crippen molar-refractivity contribution >= 4 is 23.7 Å². The van der Waals surface area contributed by atoms with E-state index in [-0.39, 0.29) is 11.1 Å². The lowest BCUT2D eigenvalue weighted by Gasteiger charge is -2.36. The van der Waals surface area contributed by atoms with Crippen LogP contribution in [0, 0.1) is 12.7 Å². The first kappa shape index (κ1) is 21.4. The average Bonchev–Trinajstić information content (AvgIpc) is 3.60. The van der Waals surface area contributed by atoms with Crippen molar-refractivity contribution in [1.29, 1.82) is 0 Å². The van der Waals surface area contributed by atoms with Gasteiger partial charge in [0.15, 0.2) is 0 Å². The van der Waals surface area contributed by atoms with Crippen molar-refractivity contribution in [1.82, 2.24) is 20.5 Å². The summed E-state index contributed by atoms with van der Waals surface area (Å²) >= 11 is 0. The highest BCUT2D eigenvalue weighted by atomic mass is 19.1. The Hall–Kier alpha value is -3.49. The Kier molecular flexibility index (Phi) is 5.07. The molecule has 0 bridgehead atoms. The number of rotatable bonds is 4. The zero-order chi connectivity index (χ0) is 23.3. The van der Waals surface area contributed by atoms with E-state index < -0.39 is 29.2 Å². The van der Waals surface area contributed by atoms with Crippen molar-refractivity contribution in [2.45, 2.75) is 38.1 Å². The summed E-state index contributed by atoms with van der Waals surface area (Å²) in [5, 5.41) is 4.65. The number of aryl methyl sites for hydroxylation is 1. The Balaban J connectivity index is 1.26. The maximum atomic E-state index is 14.9. The number of halogens is 1. The molecule has 0 spiro atoms. The molecule has 172 valence electrons. The fourth-order valence-electron chi connectivity index (χ4n) is 4.60. The van der Waals surface area contributed by atoms with Crippen LogP contribution in [0.2, 0.25) is 0 Å². The molecule has 9 heteroatoms. The van der Waals surface area contributed by atoms with Crippen LogP contribution >= 0.6 is 0 Å². The summed E-state index contributed by atoms with van der Waals surface area (Å²) < 4.78 is 14.9. The quantitative estimate of drug-likeness (QED) is 0.697. The second kappa shape index (κ2) is 7.83. The van der Waals surface area contributed by atoms with Crippen molar-refractivity contribution < 1.29 is 18.8 Å². The molecule has 3 heterocycles. The van der Waals surface area contributed by atoms with Gasteiger partial charge in [0.05, 0.1) is 5.56 Å². The molecule has 8 nitrogen and oxygen atoms in total. The van der Waals surface area contributed by atoms with E-state index in [1.165, 1.54) is 37.5 Å². The lowest BCUT2D eigenvalue weighted by Crippen LogP contribution is -2.49. The minimum atomic E-state index is -1.37. The molecule has 1 aliphatic carbocycles. The fourth-order valence-corrected chi connectivity index (χ4v) is 4.60. The van der Waals surface area contributed by atoms with E-state index >= 15 is 0 Å². The van der Waals surface area contributed by atoms with Gasteiger partial charge >= 0.3 is 6.03 Å². The van der Waals surface area contributed by atoms with Crippen LogP contribution in [0.25, 0.3) is 0 Å². The number of aromatic nitrogens is 1. The SMILES string of the molecule is Cc1cc(C2CC2)cnc1N1CCN(C(=O)c2ccc([C@@]3(C)NC(=O)NC3=O)cc2F)CC1. The second-order valence-corrected chi connectivity index (χ2v) is 9.19. The Labute approximate surface area is 191 Å². The van der Waals surface area contributed by atoms with E-state index in [0.717, 1.165) is 17.4 Å². The van der Waals surface area contributed by atoms with Gasteiger partial charge in [-0.3, -0.25) is 14.9 Å². The van der Waals surface area contributed by atoms with E-state index in [2.05, 4.69) is 33.5 Å². The Bertz CT molecular complexity index is 1160. The van der Waals surface area contributed by atoms with E-state index in [0.29, 0.717) is 32.1 Å². The molecule has 1 saturated carbocycles. The summed E-state index contributed by atoms with van der Waals surface area (Å²) in [6.07, 6.45) is 4.43. The van der Waals surface area contributed by atoms with E-state index in [9.17, 15) is 18.8 Å². The zero-order valence-electron chi connectivity index (χ0n) is 18.7. The van der Waals surface area contributed by atoms with Gasteiger partial charge in [-0.2, -0.15) is 0 Å². The van der Waals surface area contributed by atoms with Crippen LogP contribution in [0.15, 0.2) is 30.5 Å². The van der Waals surface area contributed by atoms with Crippen LogP contribution in [0.4, 0.5) is 15.0 Å². The van der Waals surface area contributed by atoms with Gasteiger partial charge in [-0.05, 0) is 61.4 Å². The van der Waals surface area contributed by atoms with Gasteiger partial charge in [0, 0.05) is 32.4 Å². The van der Waals surface area contributed by atoms with Crippen molar-refractivity contribution in [2.75, 3.05) is 31.1 Å². The third kappa shape index (κ3) is 3.81. The Morgan fingerprint density at radius 3 is 2.45 bits per heavy atom. The third-order valence-corrected chi connectivity index (χ3v) is 6.81. The first-order valence-corrected chi connectivity index (χ1v) is 11.2. The Morgan fingerprint density at radius 1 is 1.15 bits per heavy atom. The first-order valence-electron chi connectivity index (χ1n) is 11.2. The molecule has 1 atom stereocenters. The van der Waals surface area contributed by atoms with Gasteiger partial charge in [0.1, 0.15) is 17.2 Å². The van der Waals surface area contributed by atoms with Gasteiger partial charge in [-0.15, -0.1) is 0 Å². The standard InChI is InChI=1S/C24H26FN5O3/c1-14-11-16(15-3-4-15)13-26-20(14)29-7-9-30(10-8-29)21(31)18-6-5-17(12-19(18)25)24(2)22(32)27-23(33)28-24/h5-6,11-13,15H,3-4,7-10H2,1-2H3,(H2,27,28,32,33)/t24-/m1/s1. The number of benzene rings is 1. The number of hydrogen-bond donors (Lipinski definition) is 2. The minimum Gasteiger partial charge on any atom is -0.353 e. The summed E-state index contributed by atoms with van der Waals surface area (Å²) in [5.41, 5.74) is 1.29. The highest BCUT2D eigenvalue weighted by Crippen LogP contribution is 2.40. The van der Waals surface area contributed by atoms with E-state index in [1.807, 2.05) is 6.20 Å². The number of nitrogens with one attached hydrogen (secondary N) is 2. The summed E-state index contributed by atoms with van der Waals surface area (Å²) in [6, 6.07) is 5.61. The molecule has 2 saturated heterocycles. The molecule has 33 heavy (non-hydrogen) atoms. The number of pyridine rings is 1. The number of amides is 4. The van der Waals surface area contributed by atoms with Crippen LogP contribution < -0.4 is 15.5 Å². The van der Waals surface area contributed by atoms with Crippen LogP contribution in [0.3, 0.4) is 0 Å². The predicted molar refractivity (Wildman–Crippen MR) is 119 cm³/mol. The number of carbonyl (C=O) groups is 3. The molecule has 1 aromatic heterocycles. The van der Waals surface area contributed by atoms with Gasteiger partial charge in [-0.25, -0.2) is 14.2 Å². The maximum Gasteiger partial charge on any atom is 0.322 e. The molecular weight excluding hydrogens is 425 g/mol. The fraction of sp³-hybridized carbons (Fsp3) is 0.417. The smallest absolute Gasteiger partial charge is 0.322 e. The highest BCUT2D eigenvalue weighted by molar-refractivity contribution is 6.07. The molecule has 3 aliphatic rings. The molecular formula is C24H26FN5O3. The average molecular weight is 452 g/mol. The summed E-state index contributed by atoms with van der Waals surface area (Å²) in [4.78, 5) is 45.1. The van der Waals surface area contributed by atoms with Crippen LogP contribution in [-0.2, 0) is 10.3 Å². The highest BCUT2D eigenvalue weighted by Gasteiger charge is 2.44. The number of urea groups is 1.